The Kier molecular flexibility index (Phi) is 13.0. The van der Waals surface area contributed by atoms with Crippen LogP contribution in [0.25, 0.3) is 0 Å². The smallest absolute Gasteiger partial charge is 0.387 e. The number of anilines is 1. The molecule has 0 radical (unpaired) electrons. The number of aromatic carboxylic acids is 1. The molecule has 4 aliphatic rings. The average molecular weight is 859 g/mol. The molecule has 0 amide bonds. The molecule has 4 fully saturated rings. The third-order valence-electron chi connectivity index (χ3n) is 10.8. The third-order valence-corrected chi connectivity index (χ3v) is 11.4. The van der Waals surface area contributed by atoms with Crippen LogP contribution in [0.2, 0.25) is 10.0 Å². The first-order valence-electron chi connectivity index (χ1n) is 19.1. The minimum absolute atomic E-state index is 0.0296. The molecule has 4 heterocycles. The van der Waals surface area contributed by atoms with Gasteiger partial charge < -0.3 is 34.6 Å². The Morgan fingerprint density at radius 3 is 2.25 bits per heavy atom. The number of carboxylic acids is 1. The zero-order valence-corrected chi connectivity index (χ0v) is 33.0. The van der Waals surface area contributed by atoms with Crippen molar-refractivity contribution >= 4 is 46.8 Å². The normalized spacial score (nSPS) is 19.5. The first kappa shape index (κ1) is 41.9. The van der Waals surface area contributed by atoms with Crippen LogP contribution in [-0.4, -0.2) is 66.9 Å². The summed E-state index contributed by atoms with van der Waals surface area (Å²) in [6, 6.07) is 12.2. The number of hydrogen-bond donors (Lipinski definition) is 2. The van der Waals surface area contributed by atoms with E-state index in [1.165, 1.54) is 60.7 Å². The molecule has 312 valence electrons. The molecular formula is C42H40Cl2F3N3O9. The summed E-state index contributed by atoms with van der Waals surface area (Å²) in [7, 11) is 0. The minimum Gasteiger partial charge on any atom is -0.619 e. The Hall–Kier alpha value is -5.25. The Morgan fingerprint density at radius 1 is 0.932 bits per heavy atom. The highest BCUT2D eigenvalue weighted by atomic mass is 35.5. The topological polar surface area (TPSA) is 151 Å². The van der Waals surface area contributed by atoms with E-state index in [9.17, 15) is 37.9 Å². The van der Waals surface area contributed by atoms with Gasteiger partial charge >= 0.3 is 24.5 Å². The molecule has 17 heteroatoms. The Morgan fingerprint density at radius 2 is 1.63 bits per heavy atom. The highest BCUT2D eigenvalue weighted by molar-refractivity contribution is 6.35. The van der Waals surface area contributed by atoms with Crippen molar-refractivity contribution in [2.75, 3.05) is 31.6 Å². The molecule has 1 unspecified atom stereocenters. The fraction of sp³-hybridized carbons (Fsp3) is 0.381. The monoisotopic (exact) mass is 857 g/mol. The lowest BCUT2D eigenvalue weighted by Gasteiger charge is -2.44. The second-order valence-electron chi connectivity index (χ2n) is 14.9. The molecule has 3 saturated heterocycles. The quantitative estimate of drug-likeness (QED) is 0.0611. The molecule has 3 aliphatic heterocycles. The molecule has 12 nitrogen and oxygen atoms in total. The number of nitrogens with zero attached hydrogens (tertiary/aromatic N) is 2. The molecule has 3 aromatic carbocycles. The molecule has 4 aromatic rings. The van der Waals surface area contributed by atoms with Crippen molar-refractivity contribution in [3.05, 3.63) is 122 Å². The van der Waals surface area contributed by atoms with Crippen LogP contribution in [0, 0.1) is 22.9 Å². The molecule has 2 bridgehead atoms. The summed E-state index contributed by atoms with van der Waals surface area (Å²) >= 11 is 12.8. The van der Waals surface area contributed by atoms with E-state index in [2.05, 4.69) is 10.2 Å². The van der Waals surface area contributed by atoms with E-state index in [4.69, 9.17) is 42.1 Å². The Labute approximate surface area is 347 Å². The second kappa shape index (κ2) is 18.3. The van der Waals surface area contributed by atoms with Crippen LogP contribution in [0.1, 0.15) is 70.4 Å². The molecule has 0 spiro atoms. The van der Waals surface area contributed by atoms with Gasteiger partial charge in [0.25, 0.3) is 0 Å². The predicted octanol–water partition coefficient (Wildman–Crippen LogP) is 7.71. The van der Waals surface area contributed by atoms with Crippen molar-refractivity contribution in [1.82, 2.24) is 4.90 Å². The van der Waals surface area contributed by atoms with Crippen molar-refractivity contribution in [3.8, 4) is 11.5 Å². The predicted molar refractivity (Wildman–Crippen MR) is 208 cm³/mol. The number of halogens is 5. The molecule has 3 atom stereocenters. The molecule has 2 N–H and O–H groups in total. The van der Waals surface area contributed by atoms with Gasteiger partial charge in [-0.3, -0.25) is 9.69 Å². The molecule has 59 heavy (non-hydrogen) atoms. The first-order valence-corrected chi connectivity index (χ1v) is 19.8. The van der Waals surface area contributed by atoms with E-state index in [0.29, 0.717) is 16.8 Å². The molecule has 1 aliphatic carbocycles. The van der Waals surface area contributed by atoms with Crippen LogP contribution < -0.4 is 19.5 Å². The van der Waals surface area contributed by atoms with Crippen molar-refractivity contribution in [3.63, 3.8) is 0 Å². The lowest BCUT2D eigenvalue weighted by atomic mass is 9.86. The van der Waals surface area contributed by atoms with Gasteiger partial charge in [-0.25, -0.2) is 14.0 Å². The average Bonchev–Trinajstić information content (AvgIpc) is 4.03. The Balaban J connectivity index is 1.20. The van der Waals surface area contributed by atoms with E-state index in [1.54, 1.807) is 0 Å². The van der Waals surface area contributed by atoms with E-state index in [0.717, 1.165) is 51.2 Å². The third kappa shape index (κ3) is 10.5. The number of carbonyl (C=O) groups excluding carboxylic acids is 2. The van der Waals surface area contributed by atoms with Crippen LogP contribution in [0.4, 0.5) is 18.9 Å². The molecule has 1 aromatic heterocycles. The van der Waals surface area contributed by atoms with Crippen LogP contribution in [-0.2, 0) is 31.9 Å². The molecule has 8 rings (SSSR count). The van der Waals surface area contributed by atoms with Gasteiger partial charge in [-0.2, -0.15) is 13.5 Å². The zero-order chi connectivity index (χ0) is 41.8. The summed E-state index contributed by atoms with van der Waals surface area (Å²) < 4.78 is 63.8. The van der Waals surface area contributed by atoms with E-state index in [-0.39, 0.29) is 80.5 Å². The van der Waals surface area contributed by atoms with Gasteiger partial charge in [0.1, 0.15) is 28.1 Å². The number of fused-ring (bicyclic) bond motifs is 3. The standard InChI is InChI=1S/C42H40Cl2F3N3O9/c43-31-19-50(55)20-32(44)30(31)17-35(26-8-11-34(59-42(46)47)36(16-26)56-22-23-4-5-23)57-38(51)18-29-28(40(52)53)2-1-3-33(29)48-39(25-6-9-27(45)10-7-25)41(54)58-37-21-49-14-12-24(37)13-15-49/h1-3,6-11,16,19-20,23-24,35,37,39,42,48H,4-5,12-15,17-18,21-22H2,(H,52,53)/t35-,37-,39?/m0/s1. The molecule has 1 saturated carbocycles. The number of aromatic nitrogens is 1. The number of benzene rings is 3. The van der Waals surface area contributed by atoms with Crippen LogP contribution in [0.5, 0.6) is 11.5 Å². The van der Waals surface area contributed by atoms with Gasteiger partial charge in [-0.05, 0) is 98.1 Å². The van der Waals surface area contributed by atoms with Crippen LogP contribution >= 0.6 is 23.2 Å². The number of ether oxygens (including phenoxy) is 4. The highest BCUT2D eigenvalue weighted by Crippen LogP contribution is 2.39. The highest BCUT2D eigenvalue weighted by Gasteiger charge is 2.38. The number of piperidine rings is 3. The fourth-order valence-electron chi connectivity index (χ4n) is 7.47. The van der Waals surface area contributed by atoms with Crippen molar-refractivity contribution in [2.45, 2.75) is 63.4 Å². The van der Waals surface area contributed by atoms with Gasteiger partial charge in [0.2, 0.25) is 0 Å². The maximum absolute atomic E-state index is 14.1. The van der Waals surface area contributed by atoms with Crippen molar-refractivity contribution < 1.29 is 56.3 Å². The van der Waals surface area contributed by atoms with Gasteiger partial charge in [0.15, 0.2) is 29.9 Å². The zero-order valence-electron chi connectivity index (χ0n) is 31.5. The molecular weight excluding hydrogens is 818 g/mol. The maximum Gasteiger partial charge on any atom is 0.387 e. The van der Waals surface area contributed by atoms with Gasteiger partial charge in [0, 0.05) is 29.8 Å². The maximum atomic E-state index is 14.1. The van der Waals surface area contributed by atoms with E-state index >= 15 is 0 Å². The van der Waals surface area contributed by atoms with Crippen molar-refractivity contribution in [1.29, 1.82) is 0 Å². The van der Waals surface area contributed by atoms with E-state index in [1.807, 2.05) is 0 Å². The number of nitrogens with one attached hydrogen (secondary N) is 1. The number of esters is 2. The number of pyridine rings is 1. The minimum atomic E-state index is -3.15. The number of rotatable bonds is 17. The number of alkyl halides is 2. The SMILES string of the molecule is O=C(Cc1c(NC(C(=O)O[C@H]2CN3CCC2CC3)c2ccc(F)cc2)cccc1C(=O)O)O[C@@H](Cc1c(Cl)c[n+]([O-])cc1Cl)c1ccc(OC(F)F)c(OCC2CC2)c1. The summed E-state index contributed by atoms with van der Waals surface area (Å²) in [4.78, 5) is 42.9. The van der Waals surface area contributed by atoms with Crippen LogP contribution in [0.15, 0.2) is 73.1 Å². The number of hydrogen-bond acceptors (Lipinski definition) is 10. The van der Waals surface area contributed by atoms with Crippen molar-refractivity contribution in [2.24, 2.45) is 11.8 Å². The Bertz CT molecular complexity index is 2160. The number of carbonyl (C=O) groups is 3. The lowest BCUT2D eigenvalue weighted by Crippen LogP contribution is -2.52. The van der Waals surface area contributed by atoms with Gasteiger partial charge in [-0.15, -0.1) is 0 Å². The first-order chi connectivity index (χ1) is 28.3. The summed E-state index contributed by atoms with van der Waals surface area (Å²) in [5, 5.41) is 25.3. The number of carboxylic acid groups (broad SMARTS) is 1. The van der Waals surface area contributed by atoms with Gasteiger partial charge in [-0.1, -0.05) is 47.5 Å². The summed E-state index contributed by atoms with van der Waals surface area (Å²) in [6.45, 7) is -0.507. The fourth-order valence-corrected chi connectivity index (χ4v) is 8.07. The van der Waals surface area contributed by atoms with E-state index < -0.39 is 48.9 Å². The van der Waals surface area contributed by atoms with Crippen LogP contribution in [0.3, 0.4) is 0 Å². The summed E-state index contributed by atoms with van der Waals surface area (Å²) in [6.07, 6.45) is 3.26. The second-order valence-corrected chi connectivity index (χ2v) is 15.7. The lowest BCUT2D eigenvalue weighted by molar-refractivity contribution is -0.605. The van der Waals surface area contributed by atoms with Gasteiger partial charge in [0.05, 0.1) is 18.6 Å². The summed E-state index contributed by atoms with van der Waals surface area (Å²) in [5.41, 5.74) is 0.602. The largest absolute Gasteiger partial charge is 0.619 e. The summed E-state index contributed by atoms with van der Waals surface area (Å²) in [5.74, 6) is -3.36.